The fraction of sp³-hybridized carbons (Fsp3) is 0.485. The smallest absolute Gasteiger partial charge is 0.315 e. The highest BCUT2D eigenvalue weighted by molar-refractivity contribution is 6.07. The van der Waals surface area contributed by atoms with Crippen molar-refractivity contribution >= 4 is 29.4 Å². The van der Waals surface area contributed by atoms with Crippen LogP contribution in [0.4, 0.5) is 14.9 Å². The molecule has 2 aromatic rings. The Labute approximate surface area is 257 Å². The summed E-state index contributed by atoms with van der Waals surface area (Å²) < 4.78 is 13.6. The molecule has 3 aliphatic rings. The number of para-hydroxylation sites is 1. The molecule has 10 nitrogen and oxygen atoms in total. The van der Waals surface area contributed by atoms with Crippen LogP contribution in [0.15, 0.2) is 48.5 Å². The average molecular weight is 603 g/mol. The van der Waals surface area contributed by atoms with Crippen LogP contribution in [0.25, 0.3) is 0 Å². The summed E-state index contributed by atoms with van der Waals surface area (Å²) in [7, 11) is 1.53. The molecule has 0 unspecified atom stereocenters. The average Bonchev–Trinajstić information content (AvgIpc) is 3.63. The highest BCUT2D eigenvalue weighted by atomic mass is 19.1. The first-order valence-electron chi connectivity index (χ1n) is 15.0. The van der Waals surface area contributed by atoms with Gasteiger partial charge >= 0.3 is 6.03 Å². The molecule has 2 heterocycles. The summed E-state index contributed by atoms with van der Waals surface area (Å²) in [6.07, 6.45) is 2.24. The Kier molecular flexibility index (Phi) is 8.38. The number of rotatable bonds is 8. The topological polar surface area (TPSA) is 135 Å². The number of amides is 5. The number of nitrogens with one attached hydrogen (secondary N) is 3. The second-order valence-corrected chi connectivity index (χ2v) is 13.4. The summed E-state index contributed by atoms with van der Waals surface area (Å²) in [5.41, 5.74) is 0.605. The van der Waals surface area contributed by atoms with Gasteiger partial charge in [0.15, 0.2) is 0 Å². The van der Waals surface area contributed by atoms with Crippen LogP contribution in [0.1, 0.15) is 57.6 Å². The SMILES string of the molecule is CN(C(=O)[C@H](Cc1ccc(F)cc1)NC(=O)NC1CC1)[C@@H](CC(C)(C)C)C(=O)N1C[C@]2(C[C@H]1C#N)C(=O)Nc1ccccc12. The molecule has 1 saturated heterocycles. The first-order valence-corrected chi connectivity index (χ1v) is 15.0. The van der Waals surface area contributed by atoms with E-state index in [1.54, 1.807) is 18.2 Å². The predicted octanol–water partition coefficient (Wildman–Crippen LogP) is 3.48. The number of hydrogen-bond acceptors (Lipinski definition) is 5. The minimum atomic E-state index is -1.06. The lowest BCUT2D eigenvalue weighted by atomic mass is 9.80. The number of nitriles is 1. The van der Waals surface area contributed by atoms with Crippen LogP contribution in [-0.2, 0) is 26.2 Å². The second-order valence-electron chi connectivity index (χ2n) is 13.4. The molecule has 44 heavy (non-hydrogen) atoms. The van der Waals surface area contributed by atoms with E-state index < -0.39 is 52.6 Å². The van der Waals surface area contributed by atoms with E-state index in [4.69, 9.17) is 0 Å². The number of likely N-dealkylation sites (N-methyl/N-ethyl adjacent to an activating group) is 1. The summed E-state index contributed by atoms with van der Waals surface area (Å²) in [4.78, 5) is 57.4. The Hall–Kier alpha value is -4.46. The number of anilines is 1. The fourth-order valence-corrected chi connectivity index (χ4v) is 6.22. The van der Waals surface area contributed by atoms with Gasteiger partial charge in [0.1, 0.15) is 23.9 Å². The van der Waals surface area contributed by atoms with Gasteiger partial charge in [-0.1, -0.05) is 51.1 Å². The monoisotopic (exact) mass is 602 g/mol. The lowest BCUT2D eigenvalue weighted by Crippen LogP contribution is -2.58. The fourth-order valence-electron chi connectivity index (χ4n) is 6.22. The molecule has 5 amide bonds. The number of carbonyl (C=O) groups is 4. The molecule has 3 N–H and O–H groups in total. The number of fused-ring (bicyclic) bond motifs is 2. The molecule has 4 atom stereocenters. The van der Waals surface area contributed by atoms with Crippen molar-refractivity contribution < 1.29 is 23.6 Å². The van der Waals surface area contributed by atoms with E-state index in [0.29, 0.717) is 11.3 Å². The van der Waals surface area contributed by atoms with Crippen molar-refractivity contribution in [1.29, 1.82) is 5.26 Å². The van der Waals surface area contributed by atoms with Crippen LogP contribution in [0, 0.1) is 22.6 Å². The standard InChI is InChI=1S/C33H39FN6O4/c1-32(2,3)17-27(29(42)40-19-33(16-23(40)18-35)24-7-5-6-8-25(24)37-30(33)43)39(4)28(41)26(38-31(44)36-22-13-14-22)15-20-9-11-21(34)12-10-20/h5-12,22-23,26-27H,13-17,19H2,1-4H3,(H,37,43)(H2,36,38,44)/t23-,26-,27-,33-/m0/s1. The van der Waals surface area contributed by atoms with Gasteiger partial charge in [0, 0.05) is 38.2 Å². The number of likely N-dealkylation sites (tertiary alicyclic amines) is 1. The third kappa shape index (κ3) is 6.39. The van der Waals surface area contributed by atoms with E-state index in [-0.39, 0.29) is 37.8 Å². The largest absolute Gasteiger partial charge is 0.335 e. The molecule has 2 aromatic carbocycles. The van der Waals surface area contributed by atoms with Crippen LogP contribution in [0.5, 0.6) is 0 Å². The van der Waals surface area contributed by atoms with Crippen molar-refractivity contribution in [1.82, 2.24) is 20.4 Å². The zero-order valence-corrected chi connectivity index (χ0v) is 25.5. The van der Waals surface area contributed by atoms with Crippen molar-refractivity contribution in [3.8, 4) is 6.07 Å². The van der Waals surface area contributed by atoms with Gasteiger partial charge in [0.25, 0.3) is 0 Å². The van der Waals surface area contributed by atoms with Crippen molar-refractivity contribution in [2.24, 2.45) is 5.41 Å². The first kappa shape index (κ1) is 31.0. The van der Waals surface area contributed by atoms with Crippen molar-refractivity contribution in [2.45, 2.75) is 82.5 Å². The van der Waals surface area contributed by atoms with Gasteiger partial charge in [0.05, 0.1) is 11.5 Å². The van der Waals surface area contributed by atoms with Gasteiger partial charge in [-0.15, -0.1) is 0 Å². The second kappa shape index (κ2) is 11.9. The van der Waals surface area contributed by atoms with Crippen LogP contribution < -0.4 is 16.0 Å². The maximum absolute atomic E-state index is 14.4. The molecule has 0 bridgehead atoms. The van der Waals surface area contributed by atoms with Gasteiger partial charge in [0.2, 0.25) is 17.7 Å². The van der Waals surface area contributed by atoms with E-state index in [1.807, 2.05) is 39.0 Å². The number of hydrogen-bond donors (Lipinski definition) is 3. The van der Waals surface area contributed by atoms with Crippen molar-refractivity contribution in [3.63, 3.8) is 0 Å². The highest BCUT2D eigenvalue weighted by Crippen LogP contribution is 2.46. The van der Waals surface area contributed by atoms with Crippen LogP contribution in [0.2, 0.25) is 0 Å². The van der Waals surface area contributed by atoms with E-state index in [1.165, 1.54) is 29.0 Å². The number of benzene rings is 2. The molecule has 2 aliphatic heterocycles. The minimum absolute atomic E-state index is 0.0105. The Bertz CT molecular complexity index is 1490. The highest BCUT2D eigenvalue weighted by Gasteiger charge is 2.57. The summed E-state index contributed by atoms with van der Waals surface area (Å²) in [6, 6.07) is 11.9. The number of urea groups is 1. The van der Waals surface area contributed by atoms with Gasteiger partial charge < -0.3 is 25.8 Å². The zero-order valence-electron chi connectivity index (χ0n) is 25.5. The predicted molar refractivity (Wildman–Crippen MR) is 162 cm³/mol. The molecule has 0 radical (unpaired) electrons. The van der Waals surface area contributed by atoms with Gasteiger partial charge in [-0.3, -0.25) is 14.4 Å². The quantitative estimate of drug-likeness (QED) is 0.425. The molecule has 1 aliphatic carbocycles. The third-order valence-electron chi connectivity index (χ3n) is 8.69. The maximum atomic E-state index is 14.4. The van der Waals surface area contributed by atoms with Gasteiger partial charge in [-0.25, -0.2) is 9.18 Å². The third-order valence-corrected chi connectivity index (χ3v) is 8.69. The van der Waals surface area contributed by atoms with Crippen LogP contribution in [0.3, 0.4) is 0 Å². The Morgan fingerprint density at radius 3 is 2.48 bits per heavy atom. The van der Waals surface area contributed by atoms with E-state index in [2.05, 4.69) is 22.0 Å². The summed E-state index contributed by atoms with van der Waals surface area (Å²) in [5.74, 6) is -1.59. The lowest BCUT2D eigenvalue weighted by Gasteiger charge is -2.37. The number of halogens is 1. The molecule has 232 valence electrons. The molecule has 1 spiro atoms. The van der Waals surface area contributed by atoms with E-state index in [0.717, 1.165) is 18.4 Å². The van der Waals surface area contributed by atoms with Crippen molar-refractivity contribution in [3.05, 3.63) is 65.5 Å². The van der Waals surface area contributed by atoms with Crippen molar-refractivity contribution in [2.75, 3.05) is 18.9 Å². The Balaban J connectivity index is 1.43. The molecule has 11 heteroatoms. The molecule has 1 saturated carbocycles. The van der Waals surface area contributed by atoms with Crippen LogP contribution >= 0.6 is 0 Å². The Morgan fingerprint density at radius 2 is 1.84 bits per heavy atom. The number of nitrogens with zero attached hydrogens (tertiary/aromatic N) is 3. The lowest BCUT2D eigenvalue weighted by molar-refractivity contribution is -0.147. The summed E-state index contributed by atoms with van der Waals surface area (Å²) >= 11 is 0. The van der Waals surface area contributed by atoms with Gasteiger partial charge in [-0.2, -0.15) is 5.26 Å². The zero-order chi connectivity index (χ0) is 31.8. The Morgan fingerprint density at radius 1 is 1.16 bits per heavy atom. The molecular formula is C33H39FN6O4. The molecule has 5 rings (SSSR count). The molecule has 2 fully saturated rings. The normalized spacial score (nSPS) is 22.0. The van der Waals surface area contributed by atoms with Gasteiger partial charge in [-0.05, 0) is 54.0 Å². The minimum Gasteiger partial charge on any atom is -0.335 e. The summed E-state index contributed by atoms with van der Waals surface area (Å²) in [5, 5.41) is 18.6. The van der Waals surface area contributed by atoms with E-state index in [9.17, 15) is 28.8 Å². The first-order chi connectivity index (χ1) is 20.8. The number of carbonyl (C=O) groups excluding carboxylic acids is 4. The van der Waals surface area contributed by atoms with E-state index >= 15 is 0 Å². The molecule has 0 aromatic heterocycles. The van der Waals surface area contributed by atoms with Crippen LogP contribution in [-0.4, -0.2) is 71.3 Å². The maximum Gasteiger partial charge on any atom is 0.315 e. The summed E-state index contributed by atoms with van der Waals surface area (Å²) in [6.45, 7) is 5.88. The molecular weight excluding hydrogens is 563 g/mol.